The van der Waals surface area contributed by atoms with Gasteiger partial charge in [0.15, 0.2) is 5.69 Å². The molecule has 10 nitrogen and oxygen atoms in total. The molecule has 3 aromatic heterocycles. The number of carbonyl (C=O) groups excluding carboxylic acids is 2. The first-order valence-corrected chi connectivity index (χ1v) is 8.75. The summed E-state index contributed by atoms with van der Waals surface area (Å²) in [5.74, 6) is -0.0289. The van der Waals surface area contributed by atoms with Crippen LogP contribution in [0.25, 0.3) is 5.52 Å². The van der Waals surface area contributed by atoms with E-state index in [0.29, 0.717) is 11.5 Å². The monoisotopic (exact) mass is 406 g/mol. The number of alkyl halides is 2. The van der Waals surface area contributed by atoms with E-state index in [1.807, 2.05) is 11.7 Å². The first-order valence-electron chi connectivity index (χ1n) is 8.75. The van der Waals surface area contributed by atoms with E-state index in [0.717, 1.165) is 26.2 Å². The number of hydrogen-bond donors (Lipinski definition) is 2. The van der Waals surface area contributed by atoms with Gasteiger partial charge in [-0.25, -0.2) is 18.3 Å². The predicted octanol–water partition coefficient (Wildman–Crippen LogP) is 0.877. The van der Waals surface area contributed by atoms with Gasteiger partial charge >= 0.3 is 0 Å². The molecule has 0 atom stereocenters. The smallest absolute Gasteiger partial charge is 0.284 e. The molecule has 1 aliphatic rings. The number of aromatic nitrogens is 5. The molecule has 0 bridgehead atoms. The third-order valence-electron chi connectivity index (χ3n) is 4.33. The quantitative estimate of drug-likeness (QED) is 0.662. The van der Waals surface area contributed by atoms with Gasteiger partial charge in [0.05, 0.1) is 17.4 Å². The molecule has 0 unspecified atom stereocenters. The molecule has 1 saturated heterocycles. The number of carbonyl (C=O) groups is 2. The number of rotatable bonds is 4. The number of piperazine rings is 1. The molecule has 12 heteroatoms. The van der Waals surface area contributed by atoms with Crippen molar-refractivity contribution >= 4 is 29.8 Å². The molecule has 0 spiro atoms. The van der Waals surface area contributed by atoms with E-state index in [4.69, 9.17) is 4.79 Å². The highest BCUT2D eigenvalue weighted by Gasteiger charge is 2.22. The summed E-state index contributed by atoms with van der Waals surface area (Å²) in [6.07, 6.45) is 0.193. The van der Waals surface area contributed by atoms with Gasteiger partial charge in [0.25, 0.3) is 12.3 Å². The topological polar surface area (TPSA) is 109 Å². The lowest BCUT2D eigenvalue weighted by Gasteiger charge is -2.27. The standard InChI is InChI=1S/C16H18F2N8O.CH2O/c1-24-9-11(13(22-24)14(17)18)21-15(27)12-3-2-10-8-20-16(23-26(10)12)25-6-4-19-5-7-25;1-2/h2-3,8-9,14,19H,4-7H2,1H3,(H,21,27);1H2. The fraction of sp³-hybridized carbons (Fsp3) is 0.353. The van der Waals surface area contributed by atoms with Crippen LogP contribution in [0.15, 0.2) is 24.5 Å². The third kappa shape index (κ3) is 4.21. The van der Waals surface area contributed by atoms with Crippen molar-refractivity contribution in [3.8, 4) is 0 Å². The van der Waals surface area contributed by atoms with E-state index < -0.39 is 18.0 Å². The van der Waals surface area contributed by atoms with Gasteiger partial charge in [-0.1, -0.05) is 0 Å². The Balaban J connectivity index is 0.00000117. The number of nitrogens with zero attached hydrogens (tertiary/aromatic N) is 6. The molecule has 154 valence electrons. The minimum Gasteiger partial charge on any atom is -0.337 e. The van der Waals surface area contributed by atoms with E-state index in [9.17, 15) is 13.6 Å². The van der Waals surface area contributed by atoms with Crippen LogP contribution in [0.4, 0.5) is 20.4 Å². The average Bonchev–Trinajstić information content (AvgIpc) is 3.33. The lowest BCUT2D eigenvalue weighted by atomic mass is 10.3. The van der Waals surface area contributed by atoms with Gasteiger partial charge in [0.2, 0.25) is 5.95 Å². The largest absolute Gasteiger partial charge is 0.337 e. The molecule has 1 aliphatic heterocycles. The molecular weight excluding hydrogens is 386 g/mol. The van der Waals surface area contributed by atoms with Crippen LogP contribution >= 0.6 is 0 Å². The highest BCUT2D eigenvalue weighted by atomic mass is 19.3. The van der Waals surface area contributed by atoms with E-state index in [1.54, 1.807) is 18.3 Å². The molecule has 4 heterocycles. The van der Waals surface area contributed by atoms with Crippen LogP contribution in [0.5, 0.6) is 0 Å². The van der Waals surface area contributed by atoms with Gasteiger partial charge in [-0.3, -0.25) is 9.48 Å². The van der Waals surface area contributed by atoms with Gasteiger partial charge in [-0.2, -0.15) is 5.10 Å². The second kappa shape index (κ2) is 8.73. The summed E-state index contributed by atoms with van der Waals surface area (Å²) < 4.78 is 28.9. The first-order chi connectivity index (χ1) is 14.0. The maximum Gasteiger partial charge on any atom is 0.284 e. The maximum absolute atomic E-state index is 13.1. The highest BCUT2D eigenvalue weighted by Crippen LogP contribution is 2.25. The van der Waals surface area contributed by atoms with E-state index in [2.05, 4.69) is 25.8 Å². The average molecular weight is 406 g/mol. The zero-order chi connectivity index (χ0) is 21.0. The van der Waals surface area contributed by atoms with Crippen LogP contribution in [-0.4, -0.2) is 63.3 Å². The van der Waals surface area contributed by atoms with Crippen molar-refractivity contribution in [1.29, 1.82) is 0 Å². The fourth-order valence-corrected chi connectivity index (χ4v) is 3.02. The van der Waals surface area contributed by atoms with Gasteiger partial charge in [-0.05, 0) is 12.1 Å². The van der Waals surface area contributed by atoms with Crippen LogP contribution < -0.4 is 15.5 Å². The van der Waals surface area contributed by atoms with Crippen LogP contribution in [0.1, 0.15) is 22.6 Å². The Morgan fingerprint density at radius 2 is 1.97 bits per heavy atom. The van der Waals surface area contributed by atoms with Crippen molar-refractivity contribution in [2.75, 3.05) is 36.4 Å². The summed E-state index contributed by atoms with van der Waals surface area (Å²) in [7, 11) is 1.52. The predicted molar refractivity (Wildman–Crippen MR) is 101 cm³/mol. The summed E-state index contributed by atoms with van der Waals surface area (Å²) >= 11 is 0. The number of aryl methyl sites for hydroxylation is 1. The van der Waals surface area contributed by atoms with E-state index in [-0.39, 0.29) is 11.4 Å². The lowest BCUT2D eigenvalue weighted by molar-refractivity contribution is -0.0980. The highest BCUT2D eigenvalue weighted by molar-refractivity contribution is 6.04. The van der Waals surface area contributed by atoms with Crippen molar-refractivity contribution < 1.29 is 18.4 Å². The Labute approximate surface area is 164 Å². The summed E-state index contributed by atoms with van der Waals surface area (Å²) in [5, 5.41) is 13.9. The van der Waals surface area contributed by atoms with Gasteiger partial charge < -0.3 is 20.3 Å². The number of anilines is 2. The van der Waals surface area contributed by atoms with Crippen molar-refractivity contribution in [3.05, 3.63) is 35.9 Å². The summed E-state index contributed by atoms with van der Waals surface area (Å²) in [6.45, 7) is 5.19. The molecule has 0 aromatic carbocycles. The Morgan fingerprint density at radius 1 is 1.24 bits per heavy atom. The lowest BCUT2D eigenvalue weighted by Crippen LogP contribution is -2.44. The number of hydrogen-bond acceptors (Lipinski definition) is 7. The Kier molecular flexibility index (Phi) is 6.12. The fourth-order valence-electron chi connectivity index (χ4n) is 3.02. The third-order valence-corrected chi connectivity index (χ3v) is 4.33. The number of halogens is 2. The van der Waals surface area contributed by atoms with Crippen molar-refractivity contribution in [2.45, 2.75) is 6.43 Å². The van der Waals surface area contributed by atoms with Gasteiger partial charge in [0.1, 0.15) is 12.5 Å². The molecule has 1 fully saturated rings. The Morgan fingerprint density at radius 3 is 2.66 bits per heavy atom. The normalized spacial score (nSPS) is 14.0. The van der Waals surface area contributed by atoms with Crippen LogP contribution in [0.2, 0.25) is 0 Å². The van der Waals surface area contributed by atoms with Crippen LogP contribution in [-0.2, 0) is 11.8 Å². The van der Waals surface area contributed by atoms with E-state index in [1.165, 1.54) is 22.4 Å². The van der Waals surface area contributed by atoms with Crippen molar-refractivity contribution in [2.24, 2.45) is 7.05 Å². The van der Waals surface area contributed by atoms with Gasteiger partial charge in [0, 0.05) is 39.4 Å². The first kappa shape index (κ1) is 20.3. The Hall–Kier alpha value is -3.41. The molecule has 2 N–H and O–H groups in total. The van der Waals surface area contributed by atoms with Crippen molar-refractivity contribution in [1.82, 2.24) is 29.7 Å². The SMILES string of the molecule is C=O.Cn1cc(NC(=O)c2ccc3cnc(N4CCNCC4)nn23)c(C(F)F)n1. The zero-order valence-electron chi connectivity index (χ0n) is 15.7. The molecule has 0 saturated carbocycles. The maximum atomic E-state index is 13.1. The number of fused-ring (bicyclic) bond motifs is 1. The molecule has 29 heavy (non-hydrogen) atoms. The van der Waals surface area contributed by atoms with E-state index >= 15 is 0 Å². The summed E-state index contributed by atoms with van der Waals surface area (Å²) in [4.78, 5) is 27.0. The molecule has 4 rings (SSSR count). The number of amides is 1. The number of nitrogens with one attached hydrogen (secondary N) is 2. The Bertz CT molecular complexity index is 997. The second-order valence-corrected chi connectivity index (χ2v) is 6.21. The molecular formula is C17H20F2N8O2. The second-order valence-electron chi connectivity index (χ2n) is 6.21. The van der Waals surface area contributed by atoms with Crippen LogP contribution in [0.3, 0.4) is 0 Å². The van der Waals surface area contributed by atoms with Crippen LogP contribution in [0, 0.1) is 0 Å². The zero-order valence-corrected chi connectivity index (χ0v) is 15.7. The molecule has 0 aliphatic carbocycles. The summed E-state index contributed by atoms with van der Waals surface area (Å²) in [6, 6.07) is 3.28. The molecule has 3 aromatic rings. The van der Waals surface area contributed by atoms with Gasteiger partial charge in [-0.15, -0.1) is 5.10 Å². The molecule has 1 amide bonds. The summed E-state index contributed by atoms with van der Waals surface area (Å²) in [5.41, 5.74) is 0.374. The minimum absolute atomic E-state index is 0.0242. The minimum atomic E-state index is -2.79. The van der Waals surface area contributed by atoms with Crippen molar-refractivity contribution in [3.63, 3.8) is 0 Å². The molecule has 0 radical (unpaired) electrons.